The van der Waals surface area contributed by atoms with Crippen LogP contribution in [-0.2, 0) is 16.8 Å². The fourth-order valence-corrected chi connectivity index (χ4v) is 3.95. The van der Waals surface area contributed by atoms with E-state index in [1.165, 1.54) is 12.1 Å². The summed E-state index contributed by atoms with van der Waals surface area (Å²) in [6.45, 7) is 0.687. The van der Waals surface area contributed by atoms with Crippen molar-refractivity contribution in [1.29, 1.82) is 0 Å². The number of rotatable bonds is 5. The van der Waals surface area contributed by atoms with E-state index in [0.717, 1.165) is 41.5 Å². The van der Waals surface area contributed by atoms with Crippen LogP contribution in [0.2, 0.25) is 0 Å². The van der Waals surface area contributed by atoms with Gasteiger partial charge in [-0.3, -0.25) is 10.0 Å². The van der Waals surface area contributed by atoms with Crippen molar-refractivity contribution >= 4 is 5.91 Å². The second-order valence-corrected chi connectivity index (χ2v) is 7.30. The zero-order chi connectivity index (χ0) is 20.3. The van der Waals surface area contributed by atoms with Gasteiger partial charge in [0.15, 0.2) is 0 Å². The lowest BCUT2D eigenvalue weighted by Gasteiger charge is -2.30. The SMILES string of the molecule is O=C(NO)c1ccc(Cc2ccc(C3(c4ccc(F)cc4)CCCO3)cc2)cc1. The van der Waals surface area contributed by atoms with Crippen LogP contribution in [-0.4, -0.2) is 17.7 Å². The first-order valence-corrected chi connectivity index (χ1v) is 9.63. The van der Waals surface area contributed by atoms with Crippen molar-refractivity contribution in [3.63, 3.8) is 0 Å². The third-order valence-corrected chi connectivity index (χ3v) is 5.48. The standard InChI is InChI=1S/C24H22FNO3/c25-22-12-10-21(11-13-22)24(14-1-15-29-24)20-8-4-18(5-9-20)16-17-2-6-19(7-3-17)23(27)26-28/h2-13,28H,1,14-16H2,(H,26,27). The van der Waals surface area contributed by atoms with Gasteiger partial charge in [-0.15, -0.1) is 0 Å². The van der Waals surface area contributed by atoms with Gasteiger partial charge in [0.2, 0.25) is 0 Å². The fourth-order valence-electron chi connectivity index (χ4n) is 3.95. The molecule has 1 fully saturated rings. The highest BCUT2D eigenvalue weighted by molar-refractivity contribution is 5.93. The molecule has 1 unspecified atom stereocenters. The van der Waals surface area contributed by atoms with E-state index in [2.05, 4.69) is 24.3 Å². The summed E-state index contributed by atoms with van der Waals surface area (Å²) in [6, 6.07) is 22.0. The number of ether oxygens (including phenoxy) is 1. The van der Waals surface area contributed by atoms with Crippen LogP contribution in [0.15, 0.2) is 72.8 Å². The first-order valence-electron chi connectivity index (χ1n) is 9.63. The lowest BCUT2D eigenvalue weighted by Crippen LogP contribution is -2.26. The normalized spacial score (nSPS) is 18.6. The average molecular weight is 391 g/mol. The molecule has 0 aromatic heterocycles. The Kier molecular flexibility index (Phi) is 5.43. The van der Waals surface area contributed by atoms with Gasteiger partial charge in [0.1, 0.15) is 11.4 Å². The third-order valence-electron chi connectivity index (χ3n) is 5.48. The highest BCUT2D eigenvalue weighted by Gasteiger charge is 2.38. The molecule has 5 heteroatoms. The van der Waals surface area contributed by atoms with E-state index in [9.17, 15) is 9.18 Å². The summed E-state index contributed by atoms with van der Waals surface area (Å²) in [4.78, 5) is 11.4. The Bertz CT molecular complexity index is 976. The van der Waals surface area contributed by atoms with Gasteiger partial charge in [0, 0.05) is 12.2 Å². The van der Waals surface area contributed by atoms with Gasteiger partial charge in [-0.1, -0.05) is 48.5 Å². The minimum absolute atomic E-state index is 0.250. The topological polar surface area (TPSA) is 58.6 Å². The van der Waals surface area contributed by atoms with Crippen LogP contribution in [0, 0.1) is 5.82 Å². The Labute approximate surface area is 168 Å². The molecule has 4 nitrogen and oxygen atoms in total. The molecule has 1 amide bonds. The molecule has 4 rings (SSSR count). The number of hydroxylamine groups is 1. The van der Waals surface area contributed by atoms with Crippen LogP contribution in [0.5, 0.6) is 0 Å². The Morgan fingerprint density at radius 1 is 0.931 bits per heavy atom. The van der Waals surface area contributed by atoms with Crippen molar-refractivity contribution in [3.8, 4) is 0 Å². The van der Waals surface area contributed by atoms with E-state index in [1.54, 1.807) is 29.7 Å². The van der Waals surface area contributed by atoms with Crippen LogP contribution in [0.25, 0.3) is 0 Å². The summed E-state index contributed by atoms with van der Waals surface area (Å²) in [7, 11) is 0. The summed E-state index contributed by atoms with van der Waals surface area (Å²) < 4.78 is 19.6. The molecule has 1 heterocycles. The minimum Gasteiger partial charge on any atom is -0.366 e. The lowest BCUT2D eigenvalue weighted by molar-refractivity contribution is 0.0359. The number of hydrogen-bond acceptors (Lipinski definition) is 3. The molecule has 2 N–H and O–H groups in total. The summed E-state index contributed by atoms with van der Waals surface area (Å²) in [6.07, 6.45) is 2.56. The average Bonchev–Trinajstić information content (AvgIpc) is 3.26. The monoisotopic (exact) mass is 391 g/mol. The molecule has 1 aliphatic rings. The largest absolute Gasteiger partial charge is 0.366 e. The zero-order valence-corrected chi connectivity index (χ0v) is 15.9. The smallest absolute Gasteiger partial charge is 0.274 e. The number of benzene rings is 3. The van der Waals surface area contributed by atoms with Crippen LogP contribution >= 0.6 is 0 Å². The van der Waals surface area contributed by atoms with Gasteiger partial charge >= 0.3 is 0 Å². The third kappa shape index (κ3) is 3.92. The number of carbonyl (C=O) groups is 1. The lowest BCUT2D eigenvalue weighted by atomic mass is 9.83. The van der Waals surface area contributed by atoms with E-state index >= 15 is 0 Å². The van der Waals surface area contributed by atoms with Gasteiger partial charge in [0.05, 0.1) is 0 Å². The van der Waals surface area contributed by atoms with Crippen LogP contribution in [0.1, 0.15) is 45.5 Å². The van der Waals surface area contributed by atoms with Crippen molar-refractivity contribution in [2.45, 2.75) is 24.9 Å². The van der Waals surface area contributed by atoms with Crippen molar-refractivity contribution in [2.24, 2.45) is 0 Å². The molecule has 148 valence electrons. The summed E-state index contributed by atoms with van der Waals surface area (Å²) in [5.74, 6) is -0.775. The molecule has 1 atom stereocenters. The predicted octanol–water partition coefficient (Wildman–Crippen LogP) is 4.59. The van der Waals surface area contributed by atoms with Crippen molar-refractivity contribution in [2.75, 3.05) is 6.61 Å². The van der Waals surface area contributed by atoms with E-state index in [4.69, 9.17) is 9.94 Å². The highest BCUT2D eigenvalue weighted by Crippen LogP contribution is 2.42. The molecule has 29 heavy (non-hydrogen) atoms. The Morgan fingerprint density at radius 2 is 1.48 bits per heavy atom. The van der Waals surface area contributed by atoms with Gasteiger partial charge in [-0.05, 0) is 65.8 Å². The predicted molar refractivity (Wildman–Crippen MR) is 107 cm³/mol. The Balaban J connectivity index is 1.55. The summed E-state index contributed by atoms with van der Waals surface area (Å²) >= 11 is 0. The van der Waals surface area contributed by atoms with E-state index in [-0.39, 0.29) is 5.82 Å². The summed E-state index contributed by atoms with van der Waals surface area (Å²) in [5.41, 5.74) is 5.77. The number of amides is 1. The molecule has 0 spiro atoms. The first kappa shape index (κ1) is 19.3. The molecular formula is C24H22FNO3. The molecule has 0 radical (unpaired) electrons. The van der Waals surface area contributed by atoms with Crippen molar-refractivity contribution in [1.82, 2.24) is 5.48 Å². The van der Waals surface area contributed by atoms with Gasteiger partial charge in [0.25, 0.3) is 5.91 Å². The first-order chi connectivity index (χ1) is 14.1. The quantitative estimate of drug-likeness (QED) is 0.494. The van der Waals surface area contributed by atoms with Gasteiger partial charge in [-0.2, -0.15) is 0 Å². The van der Waals surface area contributed by atoms with Gasteiger partial charge in [-0.25, -0.2) is 9.87 Å². The number of hydrogen-bond donors (Lipinski definition) is 2. The molecule has 3 aromatic carbocycles. The molecule has 1 aliphatic heterocycles. The minimum atomic E-state index is -0.524. The van der Waals surface area contributed by atoms with E-state index in [1.807, 2.05) is 12.1 Å². The fraction of sp³-hybridized carbons (Fsp3) is 0.208. The van der Waals surface area contributed by atoms with Crippen molar-refractivity contribution < 1.29 is 19.1 Å². The van der Waals surface area contributed by atoms with Crippen LogP contribution in [0.4, 0.5) is 4.39 Å². The maximum absolute atomic E-state index is 13.4. The van der Waals surface area contributed by atoms with Crippen LogP contribution < -0.4 is 5.48 Å². The number of nitrogens with one attached hydrogen (secondary N) is 1. The zero-order valence-electron chi connectivity index (χ0n) is 15.9. The molecule has 0 bridgehead atoms. The van der Waals surface area contributed by atoms with E-state index < -0.39 is 11.5 Å². The second-order valence-electron chi connectivity index (χ2n) is 7.30. The number of halogens is 1. The Hall–Kier alpha value is -3.02. The number of carbonyl (C=O) groups excluding carboxylic acids is 1. The van der Waals surface area contributed by atoms with Crippen molar-refractivity contribution in [3.05, 3.63) is 106 Å². The van der Waals surface area contributed by atoms with E-state index in [0.29, 0.717) is 12.2 Å². The maximum atomic E-state index is 13.4. The molecule has 1 saturated heterocycles. The molecule has 0 aliphatic carbocycles. The second kappa shape index (κ2) is 8.15. The molecular weight excluding hydrogens is 369 g/mol. The highest BCUT2D eigenvalue weighted by atomic mass is 19.1. The molecule has 0 saturated carbocycles. The summed E-state index contributed by atoms with van der Waals surface area (Å²) in [5, 5.41) is 8.70. The van der Waals surface area contributed by atoms with Gasteiger partial charge < -0.3 is 4.74 Å². The van der Waals surface area contributed by atoms with Crippen LogP contribution in [0.3, 0.4) is 0 Å². The molecule has 3 aromatic rings. The Morgan fingerprint density at radius 3 is 2.00 bits per heavy atom. The maximum Gasteiger partial charge on any atom is 0.274 e.